The van der Waals surface area contributed by atoms with E-state index in [9.17, 15) is 0 Å². The van der Waals surface area contributed by atoms with Crippen LogP contribution in [0.25, 0.3) is 0 Å². The second-order valence-corrected chi connectivity index (χ2v) is 5.29. The summed E-state index contributed by atoms with van der Waals surface area (Å²) < 4.78 is 11.5. The number of hydrogen-bond donors (Lipinski definition) is 0. The molecule has 2 aliphatic carbocycles. The van der Waals surface area contributed by atoms with Crippen molar-refractivity contribution in [1.29, 1.82) is 0 Å². The first-order chi connectivity index (χ1) is 7.31. The Bertz CT molecular complexity index is 194. The summed E-state index contributed by atoms with van der Waals surface area (Å²) >= 11 is 6.09. The van der Waals surface area contributed by atoms with Gasteiger partial charge in [0.05, 0.1) is 11.5 Å². The van der Waals surface area contributed by atoms with Crippen LogP contribution in [0.1, 0.15) is 39.0 Å². The minimum absolute atomic E-state index is 0.144. The first-order valence-corrected chi connectivity index (χ1v) is 6.62. The maximum absolute atomic E-state index is 6.09. The summed E-state index contributed by atoms with van der Waals surface area (Å²) in [5, 5.41) is 0.169. The maximum Gasteiger partial charge on any atom is 0.100 e. The largest absolute Gasteiger partial charge is 0.375 e. The first-order valence-electron chi connectivity index (χ1n) is 6.18. The first kappa shape index (κ1) is 11.7. The summed E-state index contributed by atoms with van der Waals surface area (Å²) in [6, 6.07) is 0. The number of hydrogen-bond acceptors (Lipinski definition) is 2. The Morgan fingerprint density at radius 1 is 1.20 bits per heavy atom. The molecule has 3 unspecified atom stereocenters. The van der Waals surface area contributed by atoms with Crippen molar-refractivity contribution < 1.29 is 9.47 Å². The Labute approximate surface area is 97.3 Å². The van der Waals surface area contributed by atoms with Gasteiger partial charge in [-0.25, -0.2) is 0 Å². The third kappa shape index (κ3) is 3.33. The molecular formula is C12H21ClO2. The fourth-order valence-corrected chi connectivity index (χ4v) is 2.36. The average molecular weight is 233 g/mol. The molecule has 2 saturated carbocycles. The lowest BCUT2D eigenvalue weighted by Crippen LogP contribution is -2.51. The van der Waals surface area contributed by atoms with Crippen LogP contribution in [0.3, 0.4) is 0 Å². The predicted octanol–water partition coefficient (Wildman–Crippen LogP) is 2.98. The lowest BCUT2D eigenvalue weighted by Gasteiger charge is -2.40. The molecule has 0 aromatic carbocycles. The van der Waals surface area contributed by atoms with Crippen LogP contribution >= 0.6 is 11.6 Å². The molecule has 0 aromatic rings. The van der Waals surface area contributed by atoms with E-state index >= 15 is 0 Å². The van der Waals surface area contributed by atoms with Gasteiger partial charge in [0.15, 0.2) is 0 Å². The molecule has 0 aromatic heterocycles. The monoisotopic (exact) mass is 232 g/mol. The molecule has 0 spiro atoms. The van der Waals surface area contributed by atoms with Gasteiger partial charge in [-0.2, -0.15) is 0 Å². The van der Waals surface area contributed by atoms with E-state index in [0.717, 1.165) is 32.0 Å². The van der Waals surface area contributed by atoms with Gasteiger partial charge in [-0.1, -0.05) is 19.8 Å². The van der Waals surface area contributed by atoms with E-state index < -0.39 is 0 Å². The van der Waals surface area contributed by atoms with E-state index in [0.29, 0.717) is 0 Å². The second-order valence-electron chi connectivity index (χ2n) is 4.73. The van der Waals surface area contributed by atoms with Crippen LogP contribution in [-0.2, 0) is 9.47 Å². The average Bonchev–Trinajstić information content (AvgIpc) is 3.01. The summed E-state index contributed by atoms with van der Waals surface area (Å²) in [5.41, 5.74) is 0. The van der Waals surface area contributed by atoms with Crippen LogP contribution in [0.4, 0.5) is 0 Å². The number of ether oxygens (including phenoxy) is 2. The molecule has 0 amide bonds. The zero-order valence-electron chi connectivity index (χ0n) is 9.45. The van der Waals surface area contributed by atoms with E-state index in [1.807, 2.05) is 0 Å². The van der Waals surface area contributed by atoms with Gasteiger partial charge in [-0.3, -0.25) is 0 Å². The van der Waals surface area contributed by atoms with Crippen LogP contribution in [0.5, 0.6) is 0 Å². The molecule has 0 aliphatic heterocycles. The van der Waals surface area contributed by atoms with Crippen molar-refractivity contribution in [3.8, 4) is 0 Å². The highest BCUT2D eigenvalue weighted by Crippen LogP contribution is 2.35. The van der Waals surface area contributed by atoms with Crippen molar-refractivity contribution in [2.75, 3.05) is 13.2 Å². The molecule has 3 atom stereocenters. The van der Waals surface area contributed by atoms with Gasteiger partial charge in [0, 0.05) is 13.2 Å². The van der Waals surface area contributed by atoms with Crippen LogP contribution in [0.15, 0.2) is 0 Å². The minimum atomic E-state index is 0.144. The molecule has 2 nitrogen and oxygen atoms in total. The van der Waals surface area contributed by atoms with E-state index in [-0.39, 0.29) is 17.6 Å². The highest BCUT2D eigenvalue weighted by Gasteiger charge is 2.41. The van der Waals surface area contributed by atoms with E-state index in [1.54, 1.807) is 0 Å². The minimum Gasteiger partial charge on any atom is -0.375 e. The Kier molecular flexibility index (Phi) is 4.30. The molecule has 0 radical (unpaired) electrons. The van der Waals surface area contributed by atoms with Crippen molar-refractivity contribution in [2.24, 2.45) is 5.92 Å². The third-order valence-corrected chi connectivity index (χ3v) is 3.68. The molecular weight excluding hydrogens is 212 g/mol. The smallest absolute Gasteiger partial charge is 0.100 e. The Morgan fingerprint density at radius 3 is 2.60 bits per heavy atom. The van der Waals surface area contributed by atoms with Gasteiger partial charge in [-0.05, 0) is 25.2 Å². The Balaban J connectivity index is 1.58. The summed E-state index contributed by atoms with van der Waals surface area (Å²) in [6.07, 6.45) is 6.45. The van der Waals surface area contributed by atoms with Gasteiger partial charge in [0.1, 0.15) is 6.10 Å². The molecule has 0 bridgehead atoms. The molecule has 0 N–H and O–H groups in total. The van der Waals surface area contributed by atoms with E-state index in [2.05, 4.69) is 6.92 Å². The molecule has 88 valence electrons. The lowest BCUT2D eigenvalue weighted by molar-refractivity contribution is -0.125. The lowest BCUT2D eigenvalue weighted by atomic mass is 9.91. The van der Waals surface area contributed by atoms with Crippen LogP contribution in [0, 0.1) is 5.92 Å². The molecule has 2 fully saturated rings. The summed E-state index contributed by atoms with van der Waals surface area (Å²) in [7, 11) is 0. The zero-order chi connectivity index (χ0) is 10.7. The Morgan fingerprint density at radius 2 is 2.00 bits per heavy atom. The van der Waals surface area contributed by atoms with E-state index in [1.165, 1.54) is 19.3 Å². The third-order valence-electron chi connectivity index (χ3n) is 3.25. The van der Waals surface area contributed by atoms with Crippen molar-refractivity contribution in [3.05, 3.63) is 0 Å². The molecule has 2 rings (SSSR count). The van der Waals surface area contributed by atoms with E-state index in [4.69, 9.17) is 21.1 Å². The normalized spacial score (nSPS) is 35.2. The molecule has 0 saturated heterocycles. The standard InChI is InChI=1S/C12H21ClO2/c1-2-6-15-12-10(13)8-11(12)14-7-5-9-3-4-9/h9-12H,2-8H2,1H3. The van der Waals surface area contributed by atoms with Crippen LogP contribution < -0.4 is 0 Å². The maximum atomic E-state index is 6.09. The zero-order valence-corrected chi connectivity index (χ0v) is 10.2. The van der Waals surface area contributed by atoms with Crippen LogP contribution in [0.2, 0.25) is 0 Å². The summed E-state index contributed by atoms with van der Waals surface area (Å²) in [4.78, 5) is 0. The molecule has 15 heavy (non-hydrogen) atoms. The van der Waals surface area contributed by atoms with Gasteiger partial charge >= 0.3 is 0 Å². The van der Waals surface area contributed by atoms with Gasteiger partial charge < -0.3 is 9.47 Å². The van der Waals surface area contributed by atoms with Gasteiger partial charge in [0.2, 0.25) is 0 Å². The van der Waals surface area contributed by atoms with Crippen molar-refractivity contribution >= 4 is 11.6 Å². The quantitative estimate of drug-likeness (QED) is 0.629. The number of alkyl halides is 1. The summed E-state index contributed by atoms with van der Waals surface area (Å²) in [6.45, 7) is 3.81. The van der Waals surface area contributed by atoms with Crippen LogP contribution in [-0.4, -0.2) is 30.8 Å². The van der Waals surface area contributed by atoms with Gasteiger partial charge in [0.25, 0.3) is 0 Å². The van der Waals surface area contributed by atoms with Crippen molar-refractivity contribution in [3.63, 3.8) is 0 Å². The SMILES string of the molecule is CCCOC1C(Cl)CC1OCCC1CC1. The highest BCUT2D eigenvalue weighted by atomic mass is 35.5. The fourth-order valence-electron chi connectivity index (χ4n) is 1.95. The molecule has 3 heteroatoms. The number of halogens is 1. The molecule has 2 aliphatic rings. The Hall–Kier alpha value is 0.210. The second kappa shape index (κ2) is 5.51. The summed E-state index contributed by atoms with van der Waals surface area (Å²) in [5.74, 6) is 0.951. The number of rotatable bonds is 7. The predicted molar refractivity (Wildman–Crippen MR) is 61.4 cm³/mol. The molecule has 0 heterocycles. The van der Waals surface area contributed by atoms with Crippen molar-refractivity contribution in [2.45, 2.75) is 56.6 Å². The van der Waals surface area contributed by atoms with Gasteiger partial charge in [-0.15, -0.1) is 11.6 Å². The van der Waals surface area contributed by atoms with Crippen molar-refractivity contribution in [1.82, 2.24) is 0 Å². The fraction of sp³-hybridized carbons (Fsp3) is 1.00. The topological polar surface area (TPSA) is 18.5 Å². The highest BCUT2D eigenvalue weighted by molar-refractivity contribution is 6.21.